The molecule has 0 fully saturated rings. The maximum atomic E-state index is 11.4. The zero-order chi connectivity index (χ0) is 14.7. The van der Waals surface area contributed by atoms with Crippen LogP contribution in [0.3, 0.4) is 0 Å². The standard InChI is InChI=1S/C13H26N2O4/c1-4-5-8-19-9-6-7-14-13(18)15-11(10(2)3)12(16)17/h10-11H,4-9H2,1-3H3,(H,16,17)(H2,14,15,18)/p-1/t11-/m0/s1. The summed E-state index contributed by atoms with van der Waals surface area (Å²) in [5.74, 6) is -1.49. The maximum absolute atomic E-state index is 11.4. The van der Waals surface area contributed by atoms with E-state index in [0.29, 0.717) is 19.6 Å². The zero-order valence-corrected chi connectivity index (χ0v) is 12.0. The van der Waals surface area contributed by atoms with Crippen LogP contribution in [0, 0.1) is 5.92 Å². The number of hydrogen-bond acceptors (Lipinski definition) is 4. The summed E-state index contributed by atoms with van der Waals surface area (Å²) in [7, 11) is 0. The van der Waals surface area contributed by atoms with Gasteiger partial charge in [0.05, 0.1) is 12.0 Å². The van der Waals surface area contributed by atoms with Crippen molar-refractivity contribution in [2.45, 2.75) is 46.1 Å². The molecule has 0 aromatic heterocycles. The minimum atomic E-state index is -1.27. The third-order valence-corrected chi connectivity index (χ3v) is 2.60. The van der Waals surface area contributed by atoms with Gasteiger partial charge in [-0.2, -0.15) is 0 Å². The Labute approximate surface area is 114 Å². The van der Waals surface area contributed by atoms with Crippen LogP contribution >= 0.6 is 0 Å². The van der Waals surface area contributed by atoms with Crippen LogP contribution in [-0.4, -0.2) is 37.8 Å². The van der Waals surface area contributed by atoms with Crippen LogP contribution in [0.1, 0.15) is 40.0 Å². The molecule has 0 unspecified atom stereocenters. The Hall–Kier alpha value is -1.30. The summed E-state index contributed by atoms with van der Waals surface area (Å²) in [6.45, 7) is 7.30. The summed E-state index contributed by atoms with van der Waals surface area (Å²) in [6, 6.07) is -1.46. The van der Waals surface area contributed by atoms with E-state index in [1.54, 1.807) is 13.8 Å². The number of nitrogens with one attached hydrogen (secondary N) is 2. The predicted octanol–water partition coefficient (Wildman–Crippen LogP) is 0.267. The van der Waals surface area contributed by atoms with E-state index in [1.807, 2.05) is 0 Å². The van der Waals surface area contributed by atoms with Crippen LogP contribution in [0.25, 0.3) is 0 Å². The van der Waals surface area contributed by atoms with E-state index in [4.69, 9.17) is 4.74 Å². The lowest BCUT2D eigenvalue weighted by Gasteiger charge is -2.23. The Morgan fingerprint density at radius 1 is 1.21 bits per heavy atom. The molecule has 0 aromatic carbocycles. The molecular formula is C13H25N2O4-. The van der Waals surface area contributed by atoms with Gasteiger partial charge in [0.2, 0.25) is 0 Å². The number of hydrogen-bond donors (Lipinski definition) is 2. The molecule has 0 radical (unpaired) electrons. The lowest BCUT2D eigenvalue weighted by Crippen LogP contribution is -2.53. The first-order valence-electron chi connectivity index (χ1n) is 6.82. The fourth-order valence-electron chi connectivity index (χ4n) is 1.41. The maximum Gasteiger partial charge on any atom is 0.315 e. The van der Waals surface area contributed by atoms with Crippen LogP contribution in [0.2, 0.25) is 0 Å². The van der Waals surface area contributed by atoms with Crippen LogP contribution in [0.5, 0.6) is 0 Å². The number of carboxylic acid groups (broad SMARTS) is 1. The van der Waals surface area contributed by atoms with Crippen molar-refractivity contribution >= 4 is 12.0 Å². The van der Waals surface area contributed by atoms with Crippen molar-refractivity contribution < 1.29 is 19.4 Å². The molecule has 0 aliphatic heterocycles. The highest BCUT2D eigenvalue weighted by Gasteiger charge is 2.16. The first kappa shape index (κ1) is 17.7. The number of aliphatic carboxylic acids is 1. The molecule has 0 aliphatic rings. The lowest BCUT2D eigenvalue weighted by atomic mass is 10.1. The van der Waals surface area contributed by atoms with Crippen molar-refractivity contribution in [3.05, 3.63) is 0 Å². The molecule has 2 amide bonds. The fourth-order valence-corrected chi connectivity index (χ4v) is 1.41. The van der Waals surface area contributed by atoms with Crippen molar-refractivity contribution in [3.63, 3.8) is 0 Å². The number of unbranched alkanes of at least 4 members (excludes halogenated alkanes) is 1. The van der Waals surface area contributed by atoms with E-state index in [2.05, 4.69) is 17.6 Å². The van der Waals surface area contributed by atoms with Gasteiger partial charge in [0.25, 0.3) is 0 Å². The van der Waals surface area contributed by atoms with E-state index in [9.17, 15) is 14.7 Å². The molecule has 1 atom stereocenters. The normalized spacial score (nSPS) is 12.2. The Morgan fingerprint density at radius 2 is 1.84 bits per heavy atom. The monoisotopic (exact) mass is 273 g/mol. The van der Waals surface area contributed by atoms with Crippen molar-refractivity contribution in [2.24, 2.45) is 5.92 Å². The topological polar surface area (TPSA) is 90.5 Å². The van der Waals surface area contributed by atoms with Gasteiger partial charge in [-0.3, -0.25) is 0 Å². The number of carboxylic acids is 1. The number of carbonyl (C=O) groups is 2. The van der Waals surface area contributed by atoms with Gasteiger partial charge in [-0.1, -0.05) is 27.2 Å². The highest BCUT2D eigenvalue weighted by molar-refractivity contribution is 5.81. The van der Waals surface area contributed by atoms with E-state index in [0.717, 1.165) is 19.4 Å². The molecule has 0 saturated carbocycles. The Balaban J connectivity index is 3.66. The molecule has 0 heterocycles. The molecule has 0 saturated heterocycles. The molecule has 0 spiro atoms. The summed E-state index contributed by atoms with van der Waals surface area (Å²) in [5, 5.41) is 15.7. The van der Waals surface area contributed by atoms with Crippen LogP contribution < -0.4 is 15.7 Å². The molecular weight excluding hydrogens is 248 g/mol. The Morgan fingerprint density at radius 3 is 2.37 bits per heavy atom. The van der Waals surface area contributed by atoms with Gasteiger partial charge in [0.1, 0.15) is 0 Å². The average Bonchev–Trinajstić information content (AvgIpc) is 2.34. The van der Waals surface area contributed by atoms with Crippen molar-refractivity contribution in [2.75, 3.05) is 19.8 Å². The Bertz CT molecular complexity index is 269. The van der Waals surface area contributed by atoms with Crippen molar-refractivity contribution in [1.82, 2.24) is 10.6 Å². The van der Waals surface area contributed by atoms with Gasteiger partial charge >= 0.3 is 6.03 Å². The number of rotatable bonds is 10. The summed E-state index contributed by atoms with van der Waals surface area (Å²) in [5.41, 5.74) is 0. The molecule has 112 valence electrons. The Kier molecular flexibility index (Phi) is 9.88. The molecule has 19 heavy (non-hydrogen) atoms. The minimum absolute atomic E-state index is 0.215. The third kappa shape index (κ3) is 9.30. The molecule has 0 aromatic rings. The SMILES string of the molecule is CCCCOCCCNC(=O)N[C@H](C(=O)[O-])C(C)C. The molecule has 0 rings (SSSR count). The quantitative estimate of drug-likeness (QED) is 0.559. The zero-order valence-electron chi connectivity index (χ0n) is 12.0. The smallest absolute Gasteiger partial charge is 0.315 e. The van der Waals surface area contributed by atoms with Gasteiger partial charge < -0.3 is 25.3 Å². The lowest BCUT2D eigenvalue weighted by molar-refractivity contribution is -0.309. The van der Waals surface area contributed by atoms with Gasteiger partial charge in [-0.05, 0) is 18.8 Å². The summed E-state index contributed by atoms with van der Waals surface area (Å²) >= 11 is 0. The molecule has 0 aliphatic carbocycles. The number of carbonyl (C=O) groups excluding carboxylic acids is 2. The second-order valence-corrected chi connectivity index (χ2v) is 4.76. The van der Waals surface area contributed by atoms with E-state index >= 15 is 0 Å². The summed E-state index contributed by atoms with van der Waals surface area (Å²) in [6.07, 6.45) is 2.84. The van der Waals surface area contributed by atoms with Crippen molar-refractivity contribution in [1.29, 1.82) is 0 Å². The molecule has 6 heteroatoms. The van der Waals surface area contributed by atoms with Crippen LogP contribution in [-0.2, 0) is 9.53 Å². The van der Waals surface area contributed by atoms with Crippen LogP contribution in [0.15, 0.2) is 0 Å². The van der Waals surface area contributed by atoms with Gasteiger partial charge in [-0.25, -0.2) is 4.79 Å². The highest BCUT2D eigenvalue weighted by Crippen LogP contribution is 1.99. The van der Waals surface area contributed by atoms with E-state index < -0.39 is 18.0 Å². The first-order chi connectivity index (χ1) is 8.99. The van der Waals surface area contributed by atoms with Gasteiger partial charge in [-0.15, -0.1) is 0 Å². The van der Waals surface area contributed by atoms with Crippen molar-refractivity contribution in [3.8, 4) is 0 Å². The number of urea groups is 1. The van der Waals surface area contributed by atoms with E-state index in [-0.39, 0.29) is 5.92 Å². The fraction of sp³-hybridized carbons (Fsp3) is 0.846. The molecule has 0 bridgehead atoms. The van der Waals surface area contributed by atoms with Crippen LogP contribution in [0.4, 0.5) is 4.79 Å². The predicted molar refractivity (Wildman–Crippen MR) is 70.5 cm³/mol. The second kappa shape index (κ2) is 10.6. The number of amides is 2. The highest BCUT2D eigenvalue weighted by atomic mass is 16.5. The van der Waals surface area contributed by atoms with Gasteiger partial charge in [0, 0.05) is 19.8 Å². The summed E-state index contributed by atoms with van der Waals surface area (Å²) in [4.78, 5) is 22.2. The second-order valence-electron chi connectivity index (χ2n) is 4.76. The third-order valence-electron chi connectivity index (χ3n) is 2.60. The summed E-state index contributed by atoms with van der Waals surface area (Å²) < 4.78 is 5.34. The average molecular weight is 273 g/mol. The van der Waals surface area contributed by atoms with Gasteiger partial charge in [0.15, 0.2) is 0 Å². The molecule has 2 N–H and O–H groups in total. The van der Waals surface area contributed by atoms with E-state index in [1.165, 1.54) is 0 Å². The first-order valence-corrected chi connectivity index (χ1v) is 6.82. The number of ether oxygens (including phenoxy) is 1. The minimum Gasteiger partial charge on any atom is -0.548 e. The molecule has 6 nitrogen and oxygen atoms in total. The largest absolute Gasteiger partial charge is 0.548 e.